The third kappa shape index (κ3) is 2.54. The second kappa shape index (κ2) is 5.20. The Morgan fingerprint density at radius 3 is 2.85 bits per heavy atom. The first-order valence-electron chi connectivity index (χ1n) is 6.40. The van der Waals surface area contributed by atoms with Gasteiger partial charge < -0.3 is 4.57 Å². The van der Waals surface area contributed by atoms with Gasteiger partial charge in [0, 0.05) is 6.54 Å². The molecule has 4 nitrogen and oxygen atoms in total. The molecule has 0 radical (unpaired) electrons. The Hall–Kier alpha value is -0.780. The standard InChI is InChI=1S/C13H14Cl2N2O2S/c14-6-12-16-11-3-1-2-10(15)13(11)17(12)7-9-4-5-20(18,19)8-9/h1-3,9H,4-8H2. The van der Waals surface area contributed by atoms with Crippen LogP contribution in [-0.4, -0.2) is 29.5 Å². The molecule has 0 aliphatic carbocycles. The number of aromatic nitrogens is 2. The van der Waals surface area contributed by atoms with Gasteiger partial charge in [0.15, 0.2) is 9.84 Å². The fourth-order valence-electron chi connectivity index (χ4n) is 2.76. The third-order valence-corrected chi connectivity index (χ3v) is 6.06. The van der Waals surface area contributed by atoms with Gasteiger partial charge in [0.25, 0.3) is 0 Å². The summed E-state index contributed by atoms with van der Waals surface area (Å²) in [4.78, 5) is 4.47. The maximum absolute atomic E-state index is 11.6. The van der Waals surface area contributed by atoms with Gasteiger partial charge in [-0.3, -0.25) is 0 Å². The van der Waals surface area contributed by atoms with E-state index in [1.807, 2.05) is 22.8 Å². The van der Waals surface area contributed by atoms with Crippen LogP contribution < -0.4 is 0 Å². The summed E-state index contributed by atoms with van der Waals surface area (Å²) in [5.74, 6) is 1.63. The number of sulfone groups is 1. The third-order valence-electron chi connectivity index (χ3n) is 3.68. The molecule has 7 heteroatoms. The molecular weight excluding hydrogens is 319 g/mol. The van der Waals surface area contributed by atoms with Crippen LogP contribution in [0.2, 0.25) is 5.02 Å². The van der Waals surface area contributed by atoms with E-state index in [4.69, 9.17) is 23.2 Å². The Bertz CT molecular complexity index is 755. The quantitative estimate of drug-likeness (QED) is 0.812. The molecule has 0 spiro atoms. The van der Waals surface area contributed by atoms with Gasteiger partial charge in [-0.25, -0.2) is 13.4 Å². The Morgan fingerprint density at radius 1 is 1.40 bits per heavy atom. The Kier molecular flexibility index (Phi) is 3.69. The number of alkyl halides is 1. The van der Waals surface area contributed by atoms with E-state index in [9.17, 15) is 8.42 Å². The van der Waals surface area contributed by atoms with Gasteiger partial charge in [0.2, 0.25) is 0 Å². The summed E-state index contributed by atoms with van der Waals surface area (Å²) in [6, 6.07) is 5.55. The summed E-state index contributed by atoms with van der Waals surface area (Å²) >= 11 is 12.2. The number of nitrogens with zero attached hydrogens (tertiary/aromatic N) is 2. The Morgan fingerprint density at radius 2 is 2.20 bits per heavy atom. The van der Waals surface area contributed by atoms with Crippen molar-refractivity contribution in [2.24, 2.45) is 5.92 Å². The van der Waals surface area contributed by atoms with Crippen molar-refractivity contribution < 1.29 is 8.42 Å². The molecule has 1 unspecified atom stereocenters. The predicted octanol–water partition coefficient (Wildman–Crippen LogP) is 2.86. The van der Waals surface area contributed by atoms with Gasteiger partial charge in [-0.1, -0.05) is 17.7 Å². The smallest absolute Gasteiger partial charge is 0.150 e. The van der Waals surface area contributed by atoms with Gasteiger partial charge in [-0.05, 0) is 24.5 Å². The van der Waals surface area contributed by atoms with Crippen LogP contribution in [0.1, 0.15) is 12.2 Å². The van der Waals surface area contributed by atoms with Gasteiger partial charge >= 0.3 is 0 Å². The second-order valence-electron chi connectivity index (χ2n) is 5.15. The maximum Gasteiger partial charge on any atom is 0.150 e. The molecule has 2 heterocycles. The van der Waals surface area contributed by atoms with Gasteiger partial charge in [0.1, 0.15) is 5.82 Å². The molecule has 1 fully saturated rings. The zero-order chi connectivity index (χ0) is 14.3. The van der Waals surface area contributed by atoms with Crippen LogP contribution in [0.3, 0.4) is 0 Å². The molecule has 20 heavy (non-hydrogen) atoms. The lowest BCUT2D eigenvalue weighted by molar-refractivity contribution is 0.490. The summed E-state index contributed by atoms with van der Waals surface area (Å²) in [7, 11) is -2.88. The van der Waals surface area contributed by atoms with E-state index in [-0.39, 0.29) is 23.3 Å². The predicted molar refractivity (Wildman–Crippen MR) is 81.1 cm³/mol. The van der Waals surface area contributed by atoms with Crippen molar-refractivity contribution in [3.05, 3.63) is 29.0 Å². The van der Waals surface area contributed by atoms with E-state index in [1.165, 1.54) is 0 Å². The molecule has 3 rings (SSSR count). The molecule has 2 aromatic rings. The first-order chi connectivity index (χ1) is 9.50. The van der Waals surface area contributed by atoms with E-state index in [1.54, 1.807) is 0 Å². The van der Waals surface area contributed by atoms with Crippen molar-refractivity contribution in [3.8, 4) is 0 Å². The minimum atomic E-state index is -2.88. The highest BCUT2D eigenvalue weighted by molar-refractivity contribution is 7.91. The molecule has 1 aliphatic rings. The van der Waals surface area contributed by atoms with Crippen LogP contribution in [0.15, 0.2) is 18.2 Å². The van der Waals surface area contributed by atoms with Gasteiger partial charge in [0.05, 0.1) is 33.4 Å². The number of hydrogen-bond donors (Lipinski definition) is 0. The van der Waals surface area contributed by atoms with Crippen LogP contribution in [0.25, 0.3) is 11.0 Å². The molecule has 1 saturated heterocycles. The summed E-state index contributed by atoms with van der Waals surface area (Å²) in [6.07, 6.45) is 0.689. The molecule has 1 aliphatic heterocycles. The first-order valence-corrected chi connectivity index (χ1v) is 9.13. The van der Waals surface area contributed by atoms with E-state index in [2.05, 4.69) is 4.98 Å². The SMILES string of the molecule is O=S1(=O)CCC(Cn2c(CCl)nc3cccc(Cl)c32)C1. The lowest BCUT2D eigenvalue weighted by Gasteiger charge is -2.13. The number of benzene rings is 1. The summed E-state index contributed by atoms with van der Waals surface area (Å²) in [5.41, 5.74) is 1.64. The molecule has 0 amide bonds. The monoisotopic (exact) mass is 332 g/mol. The fourth-order valence-corrected chi connectivity index (χ4v) is 5.09. The molecular formula is C13H14Cl2N2O2S. The highest BCUT2D eigenvalue weighted by atomic mass is 35.5. The average molecular weight is 333 g/mol. The number of para-hydroxylation sites is 1. The van der Waals surface area contributed by atoms with Crippen molar-refractivity contribution >= 4 is 44.1 Å². The van der Waals surface area contributed by atoms with Crippen LogP contribution in [0.4, 0.5) is 0 Å². The lowest BCUT2D eigenvalue weighted by Crippen LogP contribution is -2.14. The van der Waals surface area contributed by atoms with Crippen LogP contribution >= 0.6 is 23.2 Å². The zero-order valence-electron chi connectivity index (χ0n) is 10.7. The number of hydrogen-bond acceptors (Lipinski definition) is 3. The maximum atomic E-state index is 11.6. The second-order valence-corrected chi connectivity index (χ2v) is 8.05. The number of halogens is 2. The number of imidazole rings is 1. The van der Waals surface area contributed by atoms with Crippen LogP contribution in [0.5, 0.6) is 0 Å². The summed E-state index contributed by atoms with van der Waals surface area (Å²) < 4.78 is 25.1. The van der Waals surface area contributed by atoms with Crippen molar-refractivity contribution in [1.29, 1.82) is 0 Å². The molecule has 0 saturated carbocycles. The Labute approximate surface area is 127 Å². The normalized spacial score (nSPS) is 21.6. The average Bonchev–Trinajstić information content (AvgIpc) is 2.91. The van der Waals surface area contributed by atoms with Crippen molar-refractivity contribution in [2.75, 3.05) is 11.5 Å². The molecule has 1 aromatic heterocycles. The highest BCUT2D eigenvalue weighted by Gasteiger charge is 2.29. The molecule has 108 valence electrons. The fraction of sp³-hybridized carbons (Fsp3) is 0.462. The zero-order valence-corrected chi connectivity index (χ0v) is 13.0. The van der Waals surface area contributed by atoms with E-state index < -0.39 is 9.84 Å². The van der Waals surface area contributed by atoms with Crippen molar-refractivity contribution in [3.63, 3.8) is 0 Å². The van der Waals surface area contributed by atoms with E-state index >= 15 is 0 Å². The molecule has 0 N–H and O–H groups in total. The van der Waals surface area contributed by atoms with Crippen LogP contribution in [0, 0.1) is 5.92 Å². The topological polar surface area (TPSA) is 52.0 Å². The Balaban J connectivity index is 2.02. The largest absolute Gasteiger partial charge is 0.325 e. The van der Waals surface area contributed by atoms with Gasteiger partial charge in [-0.2, -0.15) is 0 Å². The van der Waals surface area contributed by atoms with E-state index in [0.717, 1.165) is 16.9 Å². The highest BCUT2D eigenvalue weighted by Crippen LogP contribution is 2.28. The first kappa shape index (κ1) is 14.2. The lowest BCUT2D eigenvalue weighted by atomic mass is 10.1. The van der Waals surface area contributed by atoms with Crippen molar-refractivity contribution in [2.45, 2.75) is 18.8 Å². The number of rotatable bonds is 3. The molecule has 1 aromatic carbocycles. The summed E-state index contributed by atoms with van der Waals surface area (Å²) in [6.45, 7) is 0.599. The minimum absolute atomic E-state index is 0.107. The number of fused-ring (bicyclic) bond motifs is 1. The summed E-state index contributed by atoms with van der Waals surface area (Å²) in [5, 5.41) is 0.618. The molecule has 1 atom stereocenters. The van der Waals surface area contributed by atoms with Gasteiger partial charge in [-0.15, -0.1) is 11.6 Å². The minimum Gasteiger partial charge on any atom is -0.325 e. The molecule has 0 bridgehead atoms. The van der Waals surface area contributed by atoms with E-state index in [0.29, 0.717) is 18.0 Å². The van der Waals surface area contributed by atoms with Crippen molar-refractivity contribution in [1.82, 2.24) is 9.55 Å². The van der Waals surface area contributed by atoms with Crippen LogP contribution in [-0.2, 0) is 22.3 Å².